The fraction of sp³-hybridized carbons (Fsp3) is 0.357. The number of hydrogen-bond donors (Lipinski definition) is 0. The monoisotopic (exact) mass is 232 g/mol. The second kappa shape index (κ2) is 5.04. The zero-order valence-electron chi connectivity index (χ0n) is 10.3. The Kier molecular flexibility index (Phi) is 3.94. The number of carbonyl (C=O) groups is 3. The van der Waals surface area contributed by atoms with Gasteiger partial charge in [0.25, 0.3) is 0 Å². The molecule has 90 valence electrons. The van der Waals surface area contributed by atoms with Crippen molar-refractivity contribution >= 4 is 17.3 Å². The molecule has 1 aromatic carbocycles. The number of ketones is 3. The fourth-order valence-electron chi connectivity index (χ4n) is 1.54. The van der Waals surface area contributed by atoms with Crippen molar-refractivity contribution in [1.29, 1.82) is 0 Å². The second-order valence-electron chi connectivity index (χ2n) is 4.41. The van der Waals surface area contributed by atoms with Crippen molar-refractivity contribution in [3.63, 3.8) is 0 Å². The van der Waals surface area contributed by atoms with E-state index in [2.05, 4.69) is 0 Å². The molecule has 1 rings (SSSR count). The zero-order chi connectivity index (χ0) is 13.1. The Labute approximate surface area is 101 Å². The molecule has 0 spiro atoms. The maximum Gasteiger partial charge on any atom is 0.164 e. The van der Waals surface area contributed by atoms with Gasteiger partial charge in [0.15, 0.2) is 5.78 Å². The summed E-state index contributed by atoms with van der Waals surface area (Å²) in [7, 11) is 0. The van der Waals surface area contributed by atoms with Crippen LogP contribution in [0.15, 0.2) is 30.3 Å². The van der Waals surface area contributed by atoms with Gasteiger partial charge in [-0.25, -0.2) is 0 Å². The molecule has 3 nitrogen and oxygen atoms in total. The number of hydrogen-bond acceptors (Lipinski definition) is 3. The third-order valence-electron chi connectivity index (χ3n) is 3.16. The standard InChI is InChI=1S/C14H16O3/c1-10(15)14(3,11(2)16)9-13(17)12-7-5-4-6-8-12/h4-8H,9H2,1-3H3. The maximum atomic E-state index is 12.0. The first kappa shape index (κ1) is 13.3. The lowest BCUT2D eigenvalue weighted by molar-refractivity contribution is -0.137. The van der Waals surface area contributed by atoms with Gasteiger partial charge in [-0.05, 0) is 20.8 Å². The highest BCUT2D eigenvalue weighted by Crippen LogP contribution is 2.26. The summed E-state index contributed by atoms with van der Waals surface area (Å²) in [5.41, 5.74) is -0.673. The highest BCUT2D eigenvalue weighted by atomic mass is 16.2. The van der Waals surface area contributed by atoms with Crippen LogP contribution in [0.2, 0.25) is 0 Å². The van der Waals surface area contributed by atoms with Crippen molar-refractivity contribution in [2.45, 2.75) is 27.2 Å². The third kappa shape index (κ3) is 2.87. The van der Waals surface area contributed by atoms with E-state index in [-0.39, 0.29) is 23.8 Å². The van der Waals surface area contributed by atoms with E-state index in [0.717, 1.165) is 0 Å². The molecule has 0 aliphatic heterocycles. The topological polar surface area (TPSA) is 51.2 Å². The Morgan fingerprint density at radius 1 is 1.00 bits per heavy atom. The van der Waals surface area contributed by atoms with Crippen LogP contribution < -0.4 is 0 Å². The molecule has 1 aromatic rings. The minimum Gasteiger partial charge on any atom is -0.299 e. The van der Waals surface area contributed by atoms with Gasteiger partial charge in [0, 0.05) is 12.0 Å². The molecule has 0 saturated heterocycles. The molecule has 0 saturated carbocycles. The van der Waals surface area contributed by atoms with Gasteiger partial charge in [0.2, 0.25) is 0 Å². The van der Waals surface area contributed by atoms with Crippen LogP contribution in [0, 0.1) is 5.41 Å². The Bertz CT molecular complexity index is 432. The number of benzene rings is 1. The van der Waals surface area contributed by atoms with E-state index in [1.807, 2.05) is 6.07 Å². The zero-order valence-corrected chi connectivity index (χ0v) is 10.3. The van der Waals surface area contributed by atoms with E-state index in [1.165, 1.54) is 20.8 Å². The van der Waals surface area contributed by atoms with Gasteiger partial charge < -0.3 is 0 Å². The van der Waals surface area contributed by atoms with Gasteiger partial charge in [-0.3, -0.25) is 14.4 Å². The van der Waals surface area contributed by atoms with E-state index >= 15 is 0 Å². The fourth-order valence-corrected chi connectivity index (χ4v) is 1.54. The largest absolute Gasteiger partial charge is 0.299 e. The average Bonchev–Trinajstić information content (AvgIpc) is 2.29. The summed E-state index contributed by atoms with van der Waals surface area (Å²) in [5, 5.41) is 0. The summed E-state index contributed by atoms with van der Waals surface area (Å²) in [6.07, 6.45) is -0.0678. The SMILES string of the molecule is CC(=O)C(C)(CC(=O)c1ccccc1)C(C)=O. The molecular formula is C14H16O3. The predicted octanol–water partition coefficient (Wildman–Crippen LogP) is 2.44. The van der Waals surface area contributed by atoms with Crippen molar-refractivity contribution in [3.8, 4) is 0 Å². The highest BCUT2D eigenvalue weighted by molar-refractivity contribution is 6.10. The summed E-state index contributed by atoms with van der Waals surface area (Å²) in [6, 6.07) is 8.69. The summed E-state index contributed by atoms with van der Waals surface area (Å²) in [5.74, 6) is -0.720. The van der Waals surface area contributed by atoms with Gasteiger partial charge in [0.1, 0.15) is 11.6 Å². The van der Waals surface area contributed by atoms with Crippen molar-refractivity contribution in [2.75, 3.05) is 0 Å². The Morgan fingerprint density at radius 3 is 1.88 bits per heavy atom. The van der Waals surface area contributed by atoms with Crippen molar-refractivity contribution in [2.24, 2.45) is 5.41 Å². The molecule has 0 amide bonds. The van der Waals surface area contributed by atoms with Crippen LogP contribution in [0.25, 0.3) is 0 Å². The molecule has 0 aliphatic rings. The van der Waals surface area contributed by atoms with Crippen molar-refractivity contribution in [3.05, 3.63) is 35.9 Å². The molecule has 17 heavy (non-hydrogen) atoms. The highest BCUT2D eigenvalue weighted by Gasteiger charge is 2.37. The van der Waals surface area contributed by atoms with Crippen LogP contribution in [0.4, 0.5) is 0 Å². The first-order valence-electron chi connectivity index (χ1n) is 5.48. The summed E-state index contributed by atoms with van der Waals surface area (Å²) < 4.78 is 0. The summed E-state index contributed by atoms with van der Waals surface area (Å²) >= 11 is 0. The summed E-state index contributed by atoms with van der Waals surface area (Å²) in [4.78, 5) is 35.0. The molecule has 0 bridgehead atoms. The Balaban J connectivity index is 2.94. The lowest BCUT2D eigenvalue weighted by Gasteiger charge is -2.22. The molecule has 0 fully saturated rings. The van der Waals surface area contributed by atoms with Gasteiger partial charge >= 0.3 is 0 Å². The lowest BCUT2D eigenvalue weighted by atomic mass is 9.77. The molecule has 0 aliphatic carbocycles. The first-order valence-corrected chi connectivity index (χ1v) is 5.48. The first-order chi connectivity index (χ1) is 7.88. The molecule has 0 N–H and O–H groups in total. The molecule has 0 atom stereocenters. The van der Waals surface area contributed by atoms with E-state index in [4.69, 9.17) is 0 Å². The number of Topliss-reactive ketones (excluding diaryl/α,β-unsaturated/α-hetero) is 3. The smallest absolute Gasteiger partial charge is 0.164 e. The molecule has 0 heterocycles. The van der Waals surface area contributed by atoms with E-state index in [9.17, 15) is 14.4 Å². The lowest BCUT2D eigenvalue weighted by Crippen LogP contribution is -2.35. The Morgan fingerprint density at radius 2 is 1.47 bits per heavy atom. The molecular weight excluding hydrogens is 216 g/mol. The molecule has 0 unspecified atom stereocenters. The molecule has 0 radical (unpaired) electrons. The van der Waals surface area contributed by atoms with Crippen LogP contribution in [0.1, 0.15) is 37.6 Å². The van der Waals surface area contributed by atoms with E-state index in [0.29, 0.717) is 5.56 Å². The van der Waals surface area contributed by atoms with Crippen LogP contribution in [0.5, 0.6) is 0 Å². The third-order valence-corrected chi connectivity index (χ3v) is 3.16. The minimum atomic E-state index is -1.20. The molecule has 3 heteroatoms. The van der Waals surface area contributed by atoms with E-state index in [1.54, 1.807) is 24.3 Å². The normalized spacial score (nSPS) is 11.0. The maximum absolute atomic E-state index is 12.0. The van der Waals surface area contributed by atoms with Crippen LogP contribution in [0.3, 0.4) is 0 Å². The van der Waals surface area contributed by atoms with E-state index < -0.39 is 5.41 Å². The second-order valence-corrected chi connectivity index (χ2v) is 4.41. The average molecular weight is 232 g/mol. The summed E-state index contributed by atoms with van der Waals surface area (Å²) in [6.45, 7) is 4.22. The van der Waals surface area contributed by atoms with Crippen molar-refractivity contribution < 1.29 is 14.4 Å². The van der Waals surface area contributed by atoms with Crippen molar-refractivity contribution in [1.82, 2.24) is 0 Å². The van der Waals surface area contributed by atoms with Crippen LogP contribution in [-0.2, 0) is 9.59 Å². The molecule has 0 aromatic heterocycles. The predicted molar refractivity (Wildman–Crippen MR) is 64.9 cm³/mol. The minimum absolute atomic E-state index is 0.0678. The Hall–Kier alpha value is -1.77. The van der Waals surface area contributed by atoms with Gasteiger partial charge in [0.05, 0.1) is 5.41 Å². The van der Waals surface area contributed by atoms with Crippen LogP contribution >= 0.6 is 0 Å². The number of rotatable bonds is 5. The van der Waals surface area contributed by atoms with Crippen LogP contribution in [-0.4, -0.2) is 17.3 Å². The quantitative estimate of drug-likeness (QED) is 0.578. The van der Waals surface area contributed by atoms with Gasteiger partial charge in [-0.2, -0.15) is 0 Å². The van der Waals surface area contributed by atoms with Gasteiger partial charge in [-0.15, -0.1) is 0 Å². The van der Waals surface area contributed by atoms with Gasteiger partial charge in [-0.1, -0.05) is 30.3 Å². The number of carbonyl (C=O) groups excluding carboxylic acids is 3.